The Kier molecular flexibility index (Phi) is 4.16. The first-order valence-corrected chi connectivity index (χ1v) is 4.46. The van der Waals surface area contributed by atoms with Crippen LogP contribution in [0.2, 0.25) is 0 Å². The molecule has 0 aromatic rings. The third-order valence-corrected chi connectivity index (χ3v) is 2.44. The molecule has 1 heterocycles. The molecule has 0 radical (unpaired) electrons. The third-order valence-electron chi connectivity index (χ3n) is 2.44. The lowest BCUT2D eigenvalue weighted by molar-refractivity contribution is -0.00461. The topological polar surface area (TPSA) is 45.5 Å². The van der Waals surface area contributed by atoms with Gasteiger partial charge in [0.15, 0.2) is 0 Å². The van der Waals surface area contributed by atoms with Crippen LogP contribution in [0.1, 0.15) is 6.42 Å². The number of nitriles is 1. The molecule has 1 saturated heterocycles. The summed E-state index contributed by atoms with van der Waals surface area (Å²) >= 11 is 0. The second kappa shape index (κ2) is 5.18. The maximum Gasteiger partial charge on any atom is 0.0971 e. The van der Waals surface area contributed by atoms with Crippen molar-refractivity contribution in [3.8, 4) is 6.07 Å². The van der Waals surface area contributed by atoms with Gasteiger partial charge >= 0.3 is 0 Å². The van der Waals surface area contributed by atoms with E-state index in [-0.39, 0.29) is 12.2 Å². The molecule has 2 unspecified atom stereocenters. The summed E-state index contributed by atoms with van der Waals surface area (Å²) in [6.45, 7) is 2.56. The Balaban J connectivity index is 2.35. The van der Waals surface area contributed by atoms with Crippen LogP contribution in [0.3, 0.4) is 0 Å². The number of methoxy groups -OCH3 is 2. The van der Waals surface area contributed by atoms with Crippen molar-refractivity contribution in [1.82, 2.24) is 4.90 Å². The van der Waals surface area contributed by atoms with Crippen LogP contribution in [0.5, 0.6) is 0 Å². The molecule has 0 bridgehead atoms. The average molecular weight is 184 g/mol. The summed E-state index contributed by atoms with van der Waals surface area (Å²) in [7, 11) is 3.40. The molecule has 0 amide bonds. The Labute approximate surface area is 79.0 Å². The molecule has 0 spiro atoms. The molecule has 1 fully saturated rings. The van der Waals surface area contributed by atoms with Crippen LogP contribution < -0.4 is 0 Å². The van der Waals surface area contributed by atoms with E-state index in [9.17, 15) is 0 Å². The smallest absolute Gasteiger partial charge is 0.0971 e. The lowest BCUT2D eigenvalue weighted by atomic mass is 10.3. The van der Waals surface area contributed by atoms with Crippen LogP contribution >= 0.6 is 0 Å². The first-order valence-electron chi connectivity index (χ1n) is 4.46. The number of likely N-dealkylation sites (tertiary alicyclic amines) is 1. The van der Waals surface area contributed by atoms with Gasteiger partial charge in [-0.1, -0.05) is 0 Å². The Morgan fingerprint density at radius 3 is 2.23 bits per heavy atom. The van der Waals surface area contributed by atoms with Gasteiger partial charge < -0.3 is 9.47 Å². The number of ether oxygens (including phenoxy) is 2. The molecule has 2 atom stereocenters. The highest BCUT2D eigenvalue weighted by molar-refractivity contribution is 4.87. The Morgan fingerprint density at radius 1 is 1.31 bits per heavy atom. The van der Waals surface area contributed by atoms with Crippen molar-refractivity contribution in [3.63, 3.8) is 0 Å². The van der Waals surface area contributed by atoms with Crippen LogP contribution in [0.15, 0.2) is 0 Å². The maximum atomic E-state index is 8.43. The minimum atomic E-state index is 0.156. The van der Waals surface area contributed by atoms with Gasteiger partial charge in [0.1, 0.15) is 0 Å². The first-order chi connectivity index (χ1) is 6.31. The molecule has 1 rings (SSSR count). The van der Waals surface area contributed by atoms with Crippen LogP contribution in [0.25, 0.3) is 0 Å². The standard InChI is InChI=1S/C9H16N2O2/c1-12-8-6-11(5-3-4-10)7-9(8)13-2/h8-9H,3,5-7H2,1-2H3. The zero-order valence-corrected chi connectivity index (χ0v) is 8.19. The van der Waals surface area contributed by atoms with Crippen molar-refractivity contribution in [2.75, 3.05) is 33.9 Å². The molecular weight excluding hydrogens is 168 g/mol. The van der Waals surface area contributed by atoms with Gasteiger partial charge in [-0.25, -0.2) is 0 Å². The fourth-order valence-electron chi connectivity index (χ4n) is 1.66. The predicted octanol–water partition coefficient (Wildman–Crippen LogP) is 0.246. The second-order valence-electron chi connectivity index (χ2n) is 3.22. The van der Waals surface area contributed by atoms with Crippen LogP contribution in [0.4, 0.5) is 0 Å². The van der Waals surface area contributed by atoms with Gasteiger partial charge in [-0.2, -0.15) is 5.26 Å². The van der Waals surface area contributed by atoms with Crippen molar-refractivity contribution in [3.05, 3.63) is 0 Å². The Morgan fingerprint density at radius 2 is 1.85 bits per heavy atom. The van der Waals surface area contributed by atoms with E-state index >= 15 is 0 Å². The van der Waals surface area contributed by atoms with Crippen molar-refractivity contribution < 1.29 is 9.47 Å². The summed E-state index contributed by atoms with van der Waals surface area (Å²) in [5.74, 6) is 0. The SMILES string of the molecule is COC1CN(CCC#N)CC1OC. The average Bonchev–Trinajstić information content (AvgIpc) is 2.57. The van der Waals surface area contributed by atoms with Crippen LogP contribution in [-0.4, -0.2) is 51.0 Å². The van der Waals surface area contributed by atoms with Gasteiger partial charge in [0.25, 0.3) is 0 Å². The zero-order valence-electron chi connectivity index (χ0n) is 8.19. The largest absolute Gasteiger partial charge is 0.377 e. The van der Waals surface area contributed by atoms with Gasteiger partial charge in [-0.3, -0.25) is 4.90 Å². The summed E-state index contributed by atoms with van der Waals surface area (Å²) in [5.41, 5.74) is 0. The number of rotatable bonds is 4. The molecule has 0 N–H and O–H groups in total. The molecule has 74 valence electrons. The molecule has 0 saturated carbocycles. The van der Waals surface area contributed by atoms with Crippen molar-refractivity contribution in [2.24, 2.45) is 0 Å². The molecule has 1 aliphatic rings. The van der Waals surface area contributed by atoms with Gasteiger partial charge in [-0.15, -0.1) is 0 Å². The zero-order chi connectivity index (χ0) is 9.68. The molecule has 0 aliphatic carbocycles. The quantitative estimate of drug-likeness (QED) is 0.628. The Bertz CT molecular complexity index is 179. The minimum absolute atomic E-state index is 0.156. The third kappa shape index (κ3) is 2.66. The minimum Gasteiger partial charge on any atom is -0.377 e. The number of hydrogen-bond donors (Lipinski definition) is 0. The Hall–Kier alpha value is -0.630. The molecule has 1 aliphatic heterocycles. The molecule has 0 aromatic heterocycles. The highest BCUT2D eigenvalue weighted by Crippen LogP contribution is 2.15. The van der Waals surface area contributed by atoms with Crippen molar-refractivity contribution >= 4 is 0 Å². The van der Waals surface area contributed by atoms with Crippen molar-refractivity contribution in [1.29, 1.82) is 5.26 Å². The van der Waals surface area contributed by atoms with E-state index in [1.807, 2.05) is 0 Å². The van der Waals surface area contributed by atoms with Crippen LogP contribution in [-0.2, 0) is 9.47 Å². The summed E-state index contributed by atoms with van der Waals surface area (Å²) < 4.78 is 10.6. The highest BCUT2D eigenvalue weighted by atomic mass is 16.5. The van der Waals surface area contributed by atoms with Crippen LogP contribution in [0, 0.1) is 11.3 Å². The van der Waals surface area contributed by atoms with E-state index < -0.39 is 0 Å². The fourth-order valence-corrected chi connectivity index (χ4v) is 1.66. The van der Waals surface area contributed by atoms with E-state index in [4.69, 9.17) is 14.7 Å². The lowest BCUT2D eigenvalue weighted by Crippen LogP contribution is -2.27. The van der Waals surface area contributed by atoms with Gasteiger partial charge in [0.2, 0.25) is 0 Å². The maximum absolute atomic E-state index is 8.43. The molecule has 0 aromatic carbocycles. The van der Waals surface area contributed by atoms with E-state index in [1.54, 1.807) is 14.2 Å². The van der Waals surface area contributed by atoms with E-state index in [1.165, 1.54) is 0 Å². The molecular formula is C9H16N2O2. The van der Waals surface area contributed by atoms with E-state index in [0.29, 0.717) is 6.42 Å². The second-order valence-corrected chi connectivity index (χ2v) is 3.22. The summed E-state index contributed by atoms with van der Waals surface area (Å²) in [6.07, 6.45) is 0.889. The normalized spacial score (nSPS) is 29.0. The predicted molar refractivity (Wildman–Crippen MR) is 48.3 cm³/mol. The first kappa shape index (κ1) is 10.5. The summed E-state index contributed by atoms with van der Waals surface area (Å²) in [6, 6.07) is 2.14. The summed E-state index contributed by atoms with van der Waals surface area (Å²) in [5, 5.41) is 8.43. The summed E-state index contributed by atoms with van der Waals surface area (Å²) in [4.78, 5) is 2.20. The molecule has 13 heavy (non-hydrogen) atoms. The number of hydrogen-bond acceptors (Lipinski definition) is 4. The van der Waals surface area contributed by atoms with Gasteiger partial charge in [-0.05, 0) is 0 Å². The van der Waals surface area contributed by atoms with Crippen molar-refractivity contribution in [2.45, 2.75) is 18.6 Å². The fraction of sp³-hybridized carbons (Fsp3) is 0.889. The number of nitrogens with zero attached hydrogens (tertiary/aromatic N) is 2. The highest BCUT2D eigenvalue weighted by Gasteiger charge is 2.32. The molecule has 4 nitrogen and oxygen atoms in total. The van der Waals surface area contributed by atoms with Gasteiger partial charge in [0.05, 0.1) is 18.3 Å². The monoisotopic (exact) mass is 184 g/mol. The van der Waals surface area contributed by atoms with Gasteiger partial charge in [0, 0.05) is 40.3 Å². The lowest BCUT2D eigenvalue weighted by Gasteiger charge is -2.13. The molecule has 4 heteroatoms. The van der Waals surface area contributed by atoms with E-state index in [0.717, 1.165) is 19.6 Å². The van der Waals surface area contributed by atoms with E-state index in [2.05, 4.69) is 11.0 Å².